The van der Waals surface area contributed by atoms with E-state index in [1.54, 1.807) is 11.8 Å². The topological polar surface area (TPSA) is 37.6 Å². The molecule has 0 saturated carbocycles. The molecule has 1 saturated heterocycles. The van der Waals surface area contributed by atoms with Crippen LogP contribution in [0.4, 0.5) is 4.79 Å². The summed E-state index contributed by atoms with van der Waals surface area (Å²) < 4.78 is 1.97. The number of amides is 2. The maximum absolute atomic E-state index is 12.2. The van der Waals surface area contributed by atoms with Gasteiger partial charge in [0.25, 0.3) is 0 Å². The van der Waals surface area contributed by atoms with Crippen molar-refractivity contribution in [3.63, 3.8) is 0 Å². The van der Waals surface area contributed by atoms with Crippen molar-refractivity contribution >= 4 is 29.1 Å². The number of aromatic nitrogens is 1. The smallest absolute Gasteiger partial charge is 0.323 e. The van der Waals surface area contributed by atoms with Crippen LogP contribution < -0.4 is 4.80 Å². The predicted molar refractivity (Wildman–Crippen MR) is 87.2 cm³/mol. The van der Waals surface area contributed by atoms with Gasteiger partial charge in [-0.15, -0.1) is 23.1 Å². The van der Waals surface area contributed by atoms with Crippen molar-refractivity contribution < 1.29 is 4.79 Å². The number of nitrogens with zero attached hydrogens (tertiary/aromatic N) is 3. The molecule has 2 heterocycles. The molecule has 0 aliphatic carbocycles. The van der Waals surface area contributed by atoms with Gasteiger partial charge in [0.15, 0.2) is 4.80 Å². The molecule has 1 aliphatic heterocycles. The van der Waals surface area contributed by atoms with Gasteiger partial charge in [0.05, 0.1) is 0 Å². The van der Waals surface area contributed by atoms with E-state index in [1.165, 1.54) is 16.2 Å². The lowest BCUT2D eigenvalue weighted by Gasteiger charge is -2.10. The van der Waals surface area contributed by atoms with Crippen molar-refractivity contribution in [3.8, 4) is 5.69 Å². The summed E-state index contributed by atoms with van der Waals surface area (Å²) in [7, 11) is 0. The lowest BCUT2D eigenvalue weighted by atomic mass is 10.3. The Balaban J connectivity index is 1.94. The van der Waals surface area contributed by atoms with Gasteiger partial charge in [0.1, 0.15) is 0 Å². The number of rotatable bonds is 2. The molecular weight excluding hydrogens is 302 g/mol. The number of carbonyl (C=O) groups is 1. The largest absolute Gasteiger partial charge is 0.346 e. The first-order valence-electron chi connectivity index (χ1n) is 6.92. The van der Waals surface area contributed by atoms with Gasteiger partial charge in [0.2, 0.25) is 0 Å². The summed E-state index contributed by atoms with van der Waals surface area (Å²) in [6.45, 7) is 1.66. The minimum Gasteiger partial charge on any atom is -0.323 e. The molecule has 0 N–H and O–H groups in total. The quantitative estimate of drug-likeness (QED) is 0.796. The van der Waals surface area contributed by atoms with E-state index in [0.29, 0.717) is 0 Å². The summed E-state index contributed by atoms with van der Waals surface area (Å²) >= 11 is 3.19. The Kier molecular flexibility index (Phi) is 4.45. The van der Waals surface area contributed by atoms with Crippen molar-refractivity contribution in [1.29, 1.82) is 0 Å². The Labute approximate surface area is 132 Å². The van der Waals surface area contributed by atoms with E-state index < -0.39 is 0 Å². The van der Waals surface area contributed by atoms with E-state index in [4.69, 9.17) is 0 Å². The van der Waals surface area contributed by atoms with Crippen LogP contribution in [0.2, 0.25) is 0 Å². The van der Waals surface area contributed by atoms with Gasteiger partial charge in [-0.05, 0) is 37.3 Å². The summed E-state index contributed by atoms with van der Waals surface area (Å²) in [4.78, 5) is 20.2. The normalized spacial score (nSPS) is 15.7. The van der Waals surface area contributed by atoms with E-state index >= 15 is 0 Å². The highest BCUT2D eigenvalue weighted by molar-refractivity contribution is 7.98. The molecule has 0 spiro atoms. The molecule has 6 heteroatoms. The second kappa shape index (κ2) is 6.49. The van der Waals surface area contributed by atoms with E-state index in [1.807, 2.05) is 33.2 Å². The van der Waals surface area contributed by atoms with Crippen molar-refractivity contribution in [2.45, 2.75) is 17.7 Å². The van der Waals surface area contributed by atoms with Gasteiger partial charge in [-0.25, -0.2) is 4.79 Å². The van der Waals surface area contributed by atoms with Crippen LogP contribution in [0.15, 0.2) is 45.7 Å². The van der Waals surface area contributed by atoms with E-state index in [-0.39, 0.29) is 6.03 Å². The van der Waals surface area contributed by atoms with Crippen LogP contribution in [0.3, 0.4) is 0 Å². The number of hydrogen-bond acceptors (Lipinski definition) is 3. The van der Waals surface area contributed by atoms with Gasteiger partial charge in [-0.2, -0.15) is 4.99 Å². The van der Waals surface area contributed by atoms with E-state index in [9.17, 15) is 4.79 Å². The fraction of sp³-hybridized carbons (Fsp3) is 0.333. The predicted octanol–water partition coefficient (Wildman–Crippen LogP) is 3.38. The van der Waals surface area contributed by atoms with Crippen LogP contribution in [-0.2, 0) is 0 Å². The van der Waals surface area contributed by atoms with Crippen LogP contribution in [0.25, 0.3) is 5.69 Å². The highest BCUT2D eigenvalue weighted by atomic mass is 32.2. The Morgan fingerprint density at radius 3 is 2.90 bits per heavy atom. The fourth-order valence-electron chi connectivity index (χ4n) is 2.37. The number of thiazole rings is 1. The number of carbonyl (C=O) groups excluding carboxylic acids is 1. The number of thioether (sulfide) groups is 1. The lowest BCUT2D eigenvalue weighted by Crippen LogP contribution is -2.27. The SMILES string of the molecule is CSc1cccc(-n2ccsc2=NC(=O)N2CCCC2)c1. The van der Waals surface area contributed by atoms with Crippen molar-refractivity contribution in [1.82, 2.24) is 9.47 Å². The third kappa shape index (κ3) is 3.22. The minimum absolute atomic E-state index is 0.121. The summed E-state index contributed by atoms with van der Waals surface area (Å²) in [5.41, 5.74) is 1.04. The average Bonchev–Trinajstić information content (AvgIpc) is 3.18. The van der Waals surface area contributed by atoms with Crippen LogP contribution in [0.5, 0.6) is 0 Å². The molecule has 1 aliphatic rings. The molecule has 110 valence electrons. The monoisotopic (exact) mass is 319 g/mol. The standard InChI is InChI=1S/C15H17N3OS2/c1-20-13-6-4-5-12(11-13)18-9-10-21-15(18)16-14(19)17-7-2-3-8-17/h4-6,9-11H,2-3,7-8H2,1H3. The second-order valence-electron chi connectivity index (χ2n) is 4.85. The molecular formula is C15H17N3OS2. The van der Waals surface area contributed by atoms with Gasteiger partial charge in [-0.1, -0.05) is 6.07 Å². The number of likely N-dealkylation sites (tertiary alicyclic amines) is 1. The Morgan fingerprint density at radius 2 is 2.14 bits per heavy atom. The maximum atomic E-state index is 12.2. The molecule has 0 bridgehead atoms. The first-order valence-corrected chi connectivity index (χ1v) is 9.02. The van der Waals surface area contributed by atoms with Gasteiger partial charge >= 0.3 is 6.03 Å². The third-order valence-corrected chi connectivity index (χ3v) is 4.97. The Bertz CT molecular complexity index is 699. The summed E-state index contributed by atoms with van der Waals surface area (Å²) in [6, 6.07) is 8.12. The lowest BCUT2D eigenvalue weighted by molar-refractivity contribution is 0.218. The van der Waals surface area contributed by atoms with Crippen molar-refractivity contribution in [3.05, 3.63) is 40.6 Å². The minimum atomic E-state index is -0.121. The first kappa shape index (κ1) is 14.4. The van der Waals surface area contributed by atoms with Crippen LogP contribution in [0.1, 0.15) is 12.8 Å². The van der Waals surface area contributed by atoms with Gasteiger partial charge in [-0.3, -0.25) is 4.57 Å². The van der Waals surface area contributed by atoms with Crippen molar-refractivity contribution in [2.24, 2.45) is 4.99 Å². The zero-order valence-electron chi connectivity index (χ0n) is 11.9. The molecule has 0 unspecified atom stereocenters. The van der Waals surface area contributed by atoms with Crippen LogP contribution >= 0.6 is 23.1 Å². The summed E-state index contributed by atoms with van der Waals surface area (Å²) in [5.74, 6) is 0. The highest BCUT2D eigenvalue weighted by Gasteiger charge is 2.17. The van der Waals surface area contributed by atoms with Crippen LogP contribution in [-0.4, -0.2) is 34.8 Å². The van der Waals surface area contributed by atoms with Crippen LogP contribution in [0, 0.1) is 0 Å². The first-order chi connectivity index (χ1) is 10.3. The zero-order valence-corrected chi connectivity index (χ0v) is 13.5. The molecule has 2 aromatic rings. The zero-order chi connectivity index (χ0) is 14.7. The Morgan fingerprint density at radius 1 is 1.33 bits per heavy atom. The third-order valence-electron chi connectivity index (χ3n) is 3.49. The molecule has 0 atom stereocenters. The fourth-order valence-corrected chi connectivity index (χ4v) is 3.54. The summed E-state index contributed by atoms with van der Waals surface area (Å²) in [5, 5.41) is 1.96. The highest BCUT2D eigenvalue weighted by Crippen LogP contribution is 2.18. The average molecular weight is 319 g/mol. The molecule has 3 rings (SSSR count). The van der Waals surface area contributed by atoms with Gasteiger partial charge in [0, 0.05) is 35.2 Å². The molecule has 21 heavy (non-hydrogen) atoms. The van der Waals surface area contributed by atoms with Crippen molar-refractivity contribution in [2.75, 3.05) is 19.3 Å². The molecule has 1 aromatic carbocycles. The van der Waals surface area contributed by atoms with E-state index in [0.717, 1.165) is 36.4 Å². The molecule has 1 fully saturated rings. The second-order valence-corrected chi connectivity index (χ2v) is 6.60. The van der Waals surface area contributed by atoms with Gasteiger partial charge < -0.3 is 4.90 Å². The number of urea groups is 1. The molecule has 4 nitrogen and oxygen atoms in total. The number of hydrogen-bond donors (Lipinski definition) is 0. The number of benzene rings is 1. The maximum Gasteiger partial charge on any atom is 0.346 e. The molecule has 0 radical (unpaired) electrons. The van der Waals surface area contributed by atoms with E-state index in [2.05, 4.69) is 23.4 Å². The molecule has 2 amide bonds. The Hall–Kier alpha value is -1.53. The molecule has 1 aromatic heterocycles. The summed E-state index contributed by atoms with van der Waals surface area (Å²) in [6.07, 6.45) is 6.18.